The van der Waals surface area contributed by atoms with Crippen LogP contribution in [-0.2, 0) is 20.0 Å². The van der Waals surface area contributed by atoms with E-state index in [4.69, 9.17) is 0 Å². The van der Waals surface area contributed by atoms with Crippen LogP contribution in [0.25, 0.3) is 0 Å². The van der Waals surface area contributed by atoms with Gasteiger partial charge in [0.05, 0.1) is 9.79 Å². The van der Waals surface area contributed by atoms with Gasteiger partial charge in [-0.3, -0.25) is 0 Å². The summed E-state index contributed by atoms with van der Waals surface area (Å²) >= 11 is 4.24. The van der Waals surface area contributed by atoms with Crippen LogP contribution in [0.5, 0.6) is 0 Å². The molecule has 206 valence electrons. The number of hydrogen-bond acceptors (Lipinski definition) is 8. The minimum Gasteiger partial charge on any atom is -1.00 e. The van der Waals surface area contributed by atoms with Crippen molar-refractivity contribution in [3.05, 3.63) is 85.5 Å². The second-order valence-corrected chi connectivity index (χ2v) is 10.0. The van der Waals surface area contributed by atoms with Crippen molar-refractivity contribution in [2.75, 3.05) is 9.44 Å². The third-order valence-corrected chi connectivity index (χ3v) is 6.74. The summed E-state index contributed by atoms with van der Waals surface area (Å²) in [6.45, 7) is 0. The molecule has 8 N–H and O–H groups in total. The quantitative estimate of drug-likeness (QED) is 0.141. The lowest BCUT2D eigenvalue weighted by atomic mass is 10.3. The maximum atomic E-state index is 11.9. The van der Waals surface area contributed by atoms with Gasteiger partial charge in [0.25, 0.3) is 20.0 Å². The molecule has 2 aromatic carbocycles. The maximum Gasteiger partial charge on any atom is 0.264 e. The van der Waals surface area contributed by atoms with Gasteiger partial charge in [-0.05, 0) is 36.4 Å². The Kier molecular flexibility index (Phi) is 17.2. The van der Waals surface area contributed by atoms with Crippen molar-refractivity contribution >= 4 is 80.5 Å². The van der Waals surface area contributed by atoms with E-state index in [1.807, 2.05) is 0 Å². The monoisotopic (exact) mass is 914 g/mol. The third-order valence-electron chi connectivity index (χ3n) is 4.05. The predicted octanol–water partition coefficient (Wildman–Crippen LogP) is -3.92. The van der Waals surface area contributed by atoms with Crippen LogP contribution in [-0.4, -0.2) is 36.8 Å². The molecule has 0 fully saturated rings. The Bertz CT molecular complexity index is 1330. The van der Waals surface area contributed by atoms with Gasteiger partial charge < -0.3 is 45.4 Å². The molecule has 12 nitrogen and oxygen atoms in total. The van der Waals surface area contributed by atoms with E-state index < -0.39 is 20.0 Å². The number of halogens is 4. The zero-order valence-electron chi connectivity index (χ0n) is 19.2. The molecule has 0 atom stereocenters. The standard InChI is InChI=1S/2C10H10N4O2S.2BrH.I2/c2*11-8-2-4-9(5-3-8)17(15,16)14-10-12-6-1-7-13-10;;;1-2/h2*1-7H,11H2,(H,12,13,14);2*1H;. The lowest BCUT2D eigenvalue weighted by Gasteiger charge is -2.05. The molecule has 2 heterocycles. The van der Waals surface area contributed by atoms with Gasteiger partial charge in [0, 0.05) is 86.3 Å². The molecular formula is C20H22Br2I2N8O4S2. The Morgan fingerprint density at radius 2 is 0.816 bits per heavy atom. The highest BCUT2D eigenvalue weighted by molar-refractivity contribution is 15.0. The van der Waals surface area contributed by atoms with Crippen LogP contribution in [0.1, 0.15) is 0 Å². The summed E-state index contributed by atoms with van der Waals surface area (Å²) < 4.78 is 52.2. The van der Waals surface area contributed by atoms with Gasteiger partial charge in [0.15, 0.2) is 0 Å². The summed E-state index contributed by atoms with van der Waals surface area (Å²) in [4.78, 5) is 15.5. The minimum atomic E-state index is -3.63. The SMILES string of the molecule is II.[Br-].[Br-].[NH3+]c1ccc(S(=O)(=O)Nc2ncccn2)cc1.[NH3+]c1ccc(S(=O)(=O)Nc2ncccn2)cc1. The molecule has 38 heavy (non-hydrogen) atoms. The largest absolute Gasteiger partial charge is 1.00 e. The van der Waals surface area contributed by atoms with Crippen molar-refractivity contribution in [2.24, 2.45) is 0 Å². The molecule has 18 heteroatoms. The fourth-order valence-electron chi connectivity index (χ4n) is 2.40. The molecule has 0 spiro atoms. The molecule has 0 saturated carbocycles. The summed E-state index contributed by atoms with van der Waals surface area (Å²) in [5.41, 5.74) is 8.88. The van der Waals surface area contributed by atoms with E-state index in [0.29, 0.717) is 0 Å². The molecule has 0 bridgehead atoms. The lowest BCUT2D eigenvalue weighted by molar-refractivity contribution is -0.255. The molecule has 0 unspecified atom stereocenters. The first kappa shape index (κ1) is 36.4. The lowest BCUT2D eigenvalue weighted by Crippen LogP contribution is -3.00. The molecule has 0 radical (unpaired) electrons. The van der Waals surface area contributed by atoms with E-state index in [9.17, 15) is 16.8 Å². The van der Waals surface area contributed by atoms with Gasteiger partial charge in [-0.1, -0.05) is 0 Å². The molecular weight excluding hydrogens is 894 g/mol. The molecule has 0 saturated heterocycles. The maximum absolute atomic E-state index is 11.9. The van der Waals surface area contributed by atoms with Crippen LogP contribution < -0.4 is 54.9 Å². The zero-order chi connectivity index (χ0) is 26.6. The topological polar surface area (TPSA) is 199 Å². The summed E-state index contributed by atoms with van der Waals surface area (Å²) in [6.07, 6.45) is 5.85. The fraction of sp³-hybridized carbons (Fsp3) is 0. The fourth-order valence-corrected chi connectivity index (χ4v) is 4.32. The Balaban J connectivity index is 0.000000645. The number of nitrogens with one attached hydrogen (secondary N) is 2. The first-order valence-electron chi connectivity index (χ1n) is 9.74. The van der Waals surface area contributed by atoms with Crippen molar-refractivity contribution in [1.82, 2.24) is 19.9 Å². The van der Waals surface area contributed by atoms with Crippen LogP contribution >= 0.6 is 37.2 Å². The van der Waals surface area contributed by atoms with E-state index in [-0.39, 0.29) is 55.7 Å². The zero-order valence-corrected chi connectivity index (χ0v) is 28.4. The number of rotatable bonds is 6. The first-order valence-corrected chi connectivity index (χ1v) is 19.0. The average Bonchev–Trinajstić information content (AvgIpc) is 2.87. The van der Waals surface area contributed by atoms with Crippen LogP contribution in [0.2, 0.25) is 0 Å². The highest BCUT2D eigenvalue weighted by Gasteiger charge is 2.16. The molecule has 0 aliphatic carbocycles. The van der Waals surface area contributed by atoms with Gasteiger partial charge in [0.2, 0.25) is 11.9 Å². The predicted molar refractivity (Wildman–Crippen MR) is 152 cm³/mol. The molecule has 2 aromatic heterocycles. The van der Waals surface area contributed by atoms with Crippen molar-refractivity contribution in [3.8, 4) is 0 Å². The highest BCUT2D eigenvalue weighted by Crippen LogP contribution is 2.14. The Labute approximate surface area is 264 Å². The Hall–Kier alpha value is -1.56. The van der Waals surface area contributed by atoms with E-state index >= 15 is 0 Å². The van der Waals surface area contributed by atoms with Crippen LogP contribution in [0, 0.1) is 0 Å². The summed E-state index contributed by atoms with van der Waals surface area (Å²) in [5.74, 6) is 0.0948. The van der Waals surface area contributed by atoms with Gasteiger partial charge >= 0.3 is 0 Å². The number of quaternary nitrogens is 2. The van der Waals surface area contributed by atoms with E-state index in [1.54, 1.807) is 36.4 Å². The summed E-state index contributed by atoms with van der Waals surface area (Å²) in [5, 5.41) is 0. The molecule has 0 amide bonds. The van der Waals surface area contributed by atoms with E-state index in [1.165, 1.54) is 49.1 Å². The second-order valence-electron chi connectivity index (χ2n) is 6.64. The van der Waals surface area contributed by atoms with E-state index in [0.717, 1.165) is 11.4 Å². The van der Waals surface area contributed by atoms with Crippen molar-refractivity contribution < 1.29 is 62.3 Å². The normalized spacial score (nSPS) is 10.1. The number of hydrogen-bond donors (Lipinski definition) is 4. The number of sulfonamides is 2. The second kappa shape index (κ2) is 17.9. The number of nitrogens with zero attached hydrogens (tertiary/aromatic N) is 4. The Morgan fingerprint density at radius 3 is 1.08 bits per heavy atom. The smallest absolute Gasteiger partial charge is 0.264 e. The third kappa shape index (κ3) is 12.1. The van der Waals surface area contributed by atoms with Gasteiger partial charge in [-0.15, -0.1) is 0 Å². The van der Waals surface area contributed by atoms with Crippen LogP contribution in [0.15, 0.2) is 95.2 Å². The number of anilines is 2. The summed E-state index contributed by atoms with van der Waals surface area (Å²) in [7, 11) is -7.27. The molecule has 0 aliphatic rings. The first-order chi connectivity index (χ1) is 17.2. The van der Waals surface area contributed by atoms with Crippen LogP contribution in [0.4, 0.5) is 23.3 Å². The molecule has 4 aromatic rings. The van der Waals surface area contributed by atoms with Crippen molar-refractivity contribution in [2.45, 2.75) is 9.79 Å². The minimum absolute atomic E-state index is 0. The number of benzene rings is 2. The average molecular weight is 916 g/mol. The van der Waals surface area contributed by atoms with E-state index in [2.05, 4.69) is 78.1 Å². The van der Waals surface area contributed by atoms with Crippen molar-refractivity contribution in [1.29, 1.82) is 0 Å². The van der Waals surface area contributed by atoms with Gasteiger partial charge in [-0.2, -0.15) is 0 Å². The summed E-state index contributed by atoms with van der Waals surface area (Å²) in [6, 6.07) is 15.6. The molecule has 0 aliphatic heterocycles. The van der Waals surface area contributed by atoms with Crippen LogP contribution in [0.3, 0.4) is 0 Å². The Morgan fingerprint density at radius 1 is 0.553 bits per heavy atom. The van der Waals surface area contributed by atoms with Gasteiger partial charge in [0.1, 0.15) is 11.4 Å². The van der Waals surface area contributed by atoms with Crippen molar-refractivity contribution in [3.63, 3.8) is 0 Å². The molecule has 4 rings (SSSR count). The number of aromatic nitrogens is 4. The van der Waals surface area contributed by atoms with Gasteiger partial charge in [-0.25, -0.2) is 46.2 Å². The highest BCUT2D eigenvalue weighted by atomic mass is 128.